The van der Waals surface area contributed by atoms with E-state index in [-0.39, 0.29) is 12.2 Å². The van der Waals surface area contributed by atoms with Crippen molar-refractivity contribution in [2.24, 2.45) is 5.73 Å². The molecule has 0 bridgehead atoms. The van der Waals surface area contributed by atoms with Crippen LogP contribution in [0.4, 0.5) is 8.78 Å². The molecule has 0 saturated heterocycles. The van der Waals surface area contributed by atoms with Gasteiger partial charge in [-0.2, -0.15) is 0 Å². The van der Waals surface area contributed by atoms with Crippen LogP contribution in [0.5, 0.6) is 0 Å². The standard InChI is InChI=1S/C10H11F2NO2/c1-15-5-9(13)10(14)6-2-3-7(11)8(12)4-6/h2-4,9H,5,13H2,1H3. The smallest absolute Gasteiger partial charge is 0.181 e. The first kappa shape index (κ1) is 11.7. The van der Waals surface area contributed by atoms with Gasteiger partial charge in [0.1, 0.15) is 0 Å². The van der Waals surface area contributed by atoms with E-state index in [9.17, 15) is 13.6 Å². The number of methoxy groups -OCH3 is 1. The number of hydrogen-bond donors (Lipinski definition) is 1. The second-order valence-corrected chi connectivity index (χ2v) is 3.05. The van der Waals surface area contributed by atoms with E-state index in [0.29, 0.717) is 0 Å². The lowest BCUT2D eigenvalue weighted by atomic mass is 10.1. The van der Waals surface area contributed by atoms with Gasteiger partial charge in [0.05, 0.1) is 12.6 Å². The molecule has 0 spiro atoms. The Morgan fingerprint density at radius 3 is 2.67 bits per heavy atom. The Morgan fingerprint density at radius 1 is 1.47 bits per heavy atom. The topological polar surface area (TPSA) is 52.3 Å². The molecular formula is C10H11F2NO2. The Bertz CT molecular complexity index is 368. The second-order valence-electron chi connectivity index (χ2n) is 3.05. The summed E-state index contributed by atoms with van der Waals surface area (Å²) in [7, 11) is 1.40. The molecule has 1 atom stereocenters. The van der Waals surface area contributed by atoms with Crippen LogP contribution in [-0.4, -0.2) is 25.5 Å². The van der Waals surface area contributed by atoms with Crippen molar-refractivity contribution in [2.75, 3.05) is 13.7 Å². The van der Waals surface area contributed by atoms with Crippen molar-refractivity contribution in [1.29, 1.82) is 0 Å². The molecule has 5 heteroatoms. The summed E-state index contributed by atoms with van der Waals surface area (Å²) in [5, 5.41) is 0. The Balaban J connectivity index is 2.87. The van der Waals surface area contributed by atoms with Crippen LogP contribution in [0.1, 0.15) is 10.4 Å². The minimum Gasteiger partial charge on any atom is -0.383 e. The number of rotatable bonds is 4. The number of carbonyl (C=O) groups excluding carboxylic acids is 1. The summed E-state index contributed by atoms with van der Waals surface area (Å²) in [6.45, 7) is 0.0395. The molecule has 0 aromatic heterocycles. The van der Waals surface area contributed by atoms with Crippen molar-refractivity contribution in [3.05, 3.63) is 35.4 Å². The molecule has 15 heavy (non-hydrogen) atoms. The molecule has 1 unspecified atom stereocenters. The first-order chi connectivity index (χ1) is 7.06. The summed E-state index contributed by atoms with van der Waals surface area (Å²) in [4.78, 5) is 11.5. The van der Waals surface area contributed by atoms with Crippen LogP contribution in [0.2, 0.25) is 0 Å². The Labute approximate surface area is 85.8 Å². The van der Waals surface area contributed by atoms with Crippen molar-refractivity contribution in [3.63, 3.8) is 0 Å². The number of ether oxygens (including phenoxy) is 1. The second kappa shape index (κ2) is 4.95. The van der Waals surface area contributed by atoms with E-state index in [0.717, 1.165) is 12.1 Å². The molecule has 1 aromatic carbocycles. The van der Waals surface area contributed by atoms with Gasteiger partial charge >= 0.3 is 0 Å². The van der Waals surface area contributed by atoms with E-state index in [2.05, 4.69) is 4.74 Å². The van der Waals surface area contributed by atoms with Crippen molar-refractivity contribution >= 4 is 5.78 Å². The van der Waals surface area contributed by atoms with Gasteiger partial charge in [0.2, 0.25) is 0 Å². The Hall–Kier alpha value is -1.33. The monoisotopic (exact) mass is 215 g/mol. The van der Waals surface area contributed by atoms with Crippen molar-refractivity contribution in [2.45, 2.75) is 6.04 Å². The van der Waals surface area contributed by atoms with Crippen molar-refractivity contribution in [1.82, 2.24) is 0 Å². The van der Waals surface area contributed by atoms with Gasteiger partial charge in [-0.25, -0.2) is 8.78 Å². The zero-order chi connectivity index (χ0) is 11.4. The number of halogens is 2. The van der Waals surface area contributed by atoms with Crippen LogP contribution in [0, 0.1) is 11.6 Å². The highest BCUT2D eigenvalue weighted by Crippen LogP contribution is 2.10. The summed E-state index contributed by atoms with van der Waals surface area (Å²) in [5.74, 6) is -2.53. The van der Waals surface area contributed by atoms with Crippen LogP contribution in [0.15, 0.2) is 18.2 Å². The molecule has 1 aromatic rings. The average molecular weight is 215 g/mol. The molecule has 0 radical (unpaired) electrons. The third kappa shape index (κ3) is 2.81. The first-order valence-corrected chi connectivity index (χ1v) is 4.30. The molecule has 0 heterocycles. The predicted octanol–water partition coefficient (Wildman–Crippen LogP) is 1.12. The molecule has 0 fully saturated rings. The lowest BCUT2D eigenvalue weighted by Gasteiger charge is -2.09. The summed E-state index contributed by atoms with van der Waals surface area (Å²) in [6.07, 6.45) is 0. The normalized spacial score (nSPS) is 12.5. The number of nitrogens with two attached hydrogens (primary N) is 1. The molecule has 3 nitrogen and oxygen atoms in total. The quantitative estimate of drug-likeness (QED) is 0.766. The lowest BCUT2D eigenvalue weighted by molar-refractivity contribution is 0.0892. The van der Waals surface area contributed by atoms with Gasteiger partial charge in [-0.1, -0.05) is 0 Å². The van der Waals surface area contributed by atoms with Crippen LogP contribution < -0.4 is 5.73 Å². The molecule has 0 saturated carbocycles. The fourth-order valence-corrected chi connectivity index (χ4v) is 1.12. The van der Waals surface area contributed by atoms with E-state index < -0.39 is 23.5 Å². The number of carbonyl (C=O) groups is 1. The van der Waals surface area contributed by atoms with Crippen molar-refractivity contribution in [3.8, 4) is 0 Å². The molecule has 0 amide bonds. The fourth-order valence-electron chi connectivity index (χ4n) is 1.12. The van der Waals surface area contributed by atoms with Crippen molar-refractivity contribution < 1.29 is 18.3 Å². The van der Waals surface area contributed by atoms with E-state index in [4.69, 9.17) is 5.73 Å². The van der Waals surface area contributed by atoms with E-state index in [1.165, 1.54) is 13.2 Å². The zero-order valence-corrected chi connectivity index (χ0v) is 8.17. The van der Waals surface area contributed by atoms with Gasteiger partial charge in [0, 0.05) is 12.7 Å². The Morgan fingerprint density at radius 2 is 2.13 bits per heavy atom. The largest absolute Gasteiger partial charge is 0.383 e. The molecule has 0 aliphatic heterocycles. The van der Waals surface area contributed by atoms with Crippen LogP contribution in [0.25, 0.3) is 0 Å². The first-order valence-electron chi connectivity index (χ1n) is 4.30. The van der Waals surface area contributed by atoms with E-state index in [1.807, 2.05) is 0 Å². The molecule has 0 aliphatic rings. The number of hydrogen-bond acceptors (Lipinski definition) is 3. The molecule has 82 valence electrons. The highest BCUT2D eigenvalue weighted by molar-refractivity contribution is 6.00. The van der Waals surface area contributed by atoms with Crippen LogP contribution >= 0.6 is 0 Å². The van der Waals surface area contributed by atoms with Gasteiger partial charge in [0.15, 0.2) is 17.4 Å². The fraction of sp³-hybridized carbons (Fsp3) is 0.300. The van der Waals surface area contributed by atoms with Gasteiger partial charge in [-0.05, 0) is 18.2 Å². The Kier molecular flexibility index (Phi) is 3.88. The number of benzene rings is 1. The SMILES string of the molecule is COCC(N)C(=O)c1ccc(F)c(F)c1. The molecule has 1 rings (SSSR count). The van der Waals surface area contributed by atoms with Crippen LogP contribution in [0.3, 0.4) is 0 Å². The van der Waals surface area contributed by atoms with Gasteiger partial charge < -0.3 is 10.5 Å². The van der Waals surface area contributed by atoms with E-state index in [1.54, 1.807) is 0 Å². The maximum absolute atomic E-state index is 12.8. The summed E-state index contributed by atoms with van der Waals surface area (Å²) in [5.41, 5.74) is 5.50. The average Bonchev–Trinajstić information content (AvgIpc) is 2.21. The number of Topliss-reactive ketones (excluding diaryl/α,β-unsaturated/α-hetero) is 1. The molecular weight excluding hydrogens is 204 g/mol. The lowest BCUT2D eigenvalue weighted by Crippen LogP contribution is -2.34. The predicted molar refractivity (Wildman–Crippen MR) is 50.5 cm³/mol. The van der Waals surface area contributed by atoms with Gasteiger partial charge in [0.25, 0.3) is 0 Å². The van der Waals surface area contributed by atoms with E-state index >= 15 is 0 Å². The third-order valence-corrected chi connectivity index (χ3v) is 1.89. The summed E-state index contributed by atoms with van der Waals surface area (Å²) >= 11 is 0. The molecule has 2 N–H and O–H groups in total. The maximum Gasteiger partial charge on any atom is 0.181 e. The number of ketones is 1. The highest BCUT2D eigenvalue weighted by Gasteiger charge is 2.16. The summed E-state index contributed by atoms with van der Waals surface area (Å²) in [6, 6.07) is 2.05. The highest BCUT2D eigenvalue weighted by atomic mass is 19.2. The zero-order valence-electron chi connectivity index (χ0n) is 8.17. The minimum atomic E-state index is -1.06. The summed E-state index contributed by atoms with van der Waals surface area (Å²) < 4.78 is 30.0. The molecule has 0 aliphatic carbocycles. The van der Waals surface area contributed by atoms with Crippen LogP contribution in [-0.2, 0) is 4.74 Å². The maximum atomic E-state index is 12.8. The van der Waals surface area contributed by atoms with Gasteiger partial charge in [-0.3, -0.25) is 4.79 Å². The third-order valence-electron chi connectivity index (χ3n) is 1.89. The van der Waals surface area contributed by atoms with Gasteiger partial charge in [-0.15, -0.1) is 0 Å². The minimum absolute atomic E-state index is 0.0395.